The van der Waals surface area contributed by atoms with Crippen molar-refractivity contribution in [2.45, 2.75) is 48.0 Å². The van der Waals surface area contributed by atoms with Crippen LogP contribution in [-0.4, -0.2) is 50.9 Å². The number of ether oxygens (including phenoxy) is 1. The number of nitrogens with one attached hydrogen (secondary N) is 2. The van der Waals surface area contributed by atoms with Gasteiger partial charge >= 0.3 is 0 Å². The number of thiophene rings is 1. The Kier molecular flexibility index (Phi) is 7.43. The second-order valence-electron chi connectivity index (χ2n) is 9.34. The molecule has 2 aromatic carbocycles. The standard InChI is InChI=1S/C27H31N3O4S2/c1-34-22-9-5-8-20(16-22)27(31)28-18-23-10-11-26(35-23)36(32,33)30-14-12-21(13-15-30)29-25-17-24(25)19-6-3-2-4-7-19/h2-11,16,21,24-25,29H,12-15,17-18H2,1H3,(H,28,31)/t24-,25+/m1/s1. The van der Waals surface area contributed by atoms with Gasteiger partial charge in [0, 0.05) is 41.5 Å². The van der Waals surface area contributed by atoms with E-state index < -0.39 is 10.0 Å². The summed E-state index contributed by atoms with van der Waals surface area (Å²) in [5.74, 6) is 0.952. The van der Waals surface area contributed by atoms with Gasteiger partial charge in [0.1, 0.15) is 9.96 Å². The van der Waals surface area contributed by atoms with E-state index in [2.05, 4.69) is 34.9 Å². The zero-order chi connectivity index (χ0) is 25.1. The zero-order valence-corrected chi connectivity index (χ0v) is 21.9. The van der Waals surface area contributed by atoms with Gasteiger partial charge in [-0.15, -0.1) is 11.3 Å². The molecule has 1 saturated carbocycles. The number of sulfonamides is 1. The lowest BCUT2D eigenvalue weighted by molar-refractivity contribution is 0.0951. The maximum atomic E-state index is 13.2. The highest BCUT2D eigenvalue weighted by atomic mass is 32.2. The Morgan fingerprint density at radius 1 is 1.06 bits per heavy atom. The van der Waals surface area contributed by atoms with Gasteiger partial charge in [0.25, 0.3) is 15.9 Å². The molecule has 2 atom stereocenters. The van der Waals surface area contributed by atoms with Crippen molar-refractivity contribution >= 4 is 27.3 Å². The van der Waals surface area contributed by atoms with Crippen LogP contribution in [0.15, 0.2) is 70.9 Å². The molecule has 9 heteroatoms. The quantitative estimate of drug-likeness (QED) is 0.441. The molecule has 2 heterocycles. The first-order valence-corrected chi connectivity index (χ1v) is 14.5. The summed E-state index contributed by atoms with van der Waals surface area (Å²) >= 11 is 1.21. The molecule has 0 spiro atoms. The molecule has 7 nitrogen and oxygen atoms in total. The van der Waals surface area contributed by atoms with Gasteiger partial charge in [-0.05, 0) is 55.2 Å². The van der Waals surface area contributed by atoms with Crippen molar-refractivity contribution in [2.75, 3.05) is 20.2 Å². The fraction of sp³-hybridized carbons (Fsp3) is 0.370. The van der Waals surface area contributed by atoms with E-state index in [4.69, 9.17) is 4.74 Å². The Balaban J connectivity index is 1.11. The maximum absolute atomic E-state index is 13.2. The number of amides is 1. The lowest BCUT2D eigenvalue weighted by atomic mass is 10.1. The number of hydrogen-bond donors (Lipinski definition) is 2. The van der Waals surface area contributed by atoms with Crippen LogP contribution in [0.1, 0.15) is 46.0 Å². The van der Waals surface area contributed by atoms with E-state index in [1.807, 2.05) is 6.07 Å². The average Bonchev–Trinajstić information content (AvgIpc) is 3.50. The number of carbonyl (C=O) groups excluding carboxylic acids is 1. The van der Waals surface area contributed by atoms with Crippen LogP contribution in [0, 0.1) is 0 Å². The van der Waals surface area contributed by atoms with Gasteiger partial charge in [-0.3, -0.25) is 4.79 Å². The Bertz CT molecular complexity index is 1300. The van der Waals surface area contributed by atoms with Gasteiger partial charge in [-0.25, -0.2) is 8.42 Å². The first kappa shape index (κ1) is 25.0. The van der Waals surface area contributed by atoms with Gasteiger partial charge in [0.2, 0.25) is 0 Å². The minimum Gasteiger partial charge on any atom is -0.497 e. The van der Waals surface area contributed by atoms with E-state index in [0.29, 0.717) is 46.6 Å². The van der Waals surface area contributed by atoms with E-state index in [1.54, 1.807) is 47.8 Å². The molecule has 3 aromatic rings. The molecule has 5 rings (SSSR count). The predicted molar refractivity (Wildman–Crippen MR) is 141 cm³/mol. The fourth-order valence-corrected chi connectivity index (χ4v) is 7.69. The molecule has 2 aliphatic rings. The van der Waals surface area contributed by atoms with Crippen molar-refractivity contribution in [3.05, 3.63) is 82.7 Å². The number of piperidine rings is 1. The summed E-state index contributed by atoms with van der Waals surface area (Å²) in [4.78, 5) is 13.2. The lowest BCUT2D eigenvalue weighted by Gasteiger charge is -2.31. The first-order valence-electron chi connectivity index (χ1n) is 12.3. The number of hydrogen-bond acceptors (Lipinski definition) is 6. The molecule has 1 saturated heterocycles. The Morgan fingerprint density at radius 3 is 2.58 bits per heavy atom. The van der Waals surface area contributed by atoms with Crippen LogP contribution in [0.2, 0.25) is 0 Å². The summed E-state index contributed by atoms with van der Waals surface area (Å²) in [6, 6.07) is 21.7. The Morgan fingerprint density at radius 2 is 1.83 bits per heavy atom. The maximum Gasteiger partial charge on any atom is 0.252 e. The molecule has 1 aliphatic heterocycles. The van der Waals surface area contributed by atoms with Crippen molar-refractivity contribution in [1.82, 2.24) is 14.9 Å². The predicted octanol–water partition coefficient (Wildman–Crippen LogP) is 3.99. The van der Waals surface area contributed by atoms with Crippen LogP contribution in [0.4, 0.5) is 0 Å². The van der Waals surface area contributed by atoms with E-state index in [9.17, 15) is 13.2 Å². The lowest BCUT2D eigenvalue weighted by Crippen LogP contribution is -2.45. The van der Waals surface area contributed by atoms with E-state index in [-0.39, 0.29) is 12.5 Å². The zero-order valence-electron chi connectivity index (χ0n) is 20.2. The molecule has 0 unspecified atom stereocenters. The minimum absolute atomic E-state index is 0.230. The van der Waals surface area contributed by atoms with Crippen LogP contribution < -0.4 is 15.4 Å². The Labute approximate surface area is 216 Å². The third-order valence-corrected chi connectivity index (χ3v) is 10.4. The van der Waals surface area contributed by atoms with E-state index >= 15 is 0 Å². The highest BCUT2D eigenvalue weighted by Crippen LogP contribution is 2.41. The van der Waals surface area contributed by atoms with E-state index in [1.165, 1.54) is 16.9 Å². The Hall–Kier alpha value is -2.72. The van der Waals surface area contributed by atoms with Crippen LogP contribution in [0.5, 0.6) is 5.75 Å². The summed E-state index contributed by atoms with van der Waals surface area (Å²) in [5.41, 5.74) is 1.87. The minimum atomic E-state index is -3.54. The monoisotopic (exact) mass is 525 g/mol. The van der Waals surface area contributed by atoms with Gasteiger partial charge in [0.15, 0.2) is 0 Å². The van der Waals surface area contributed by atoms with Gasteiger partial charge < -0.3 is 15.4 Å². The number of rotatable bonds is 9. The number of benzene rings is 2. The van der Waals surface area contributed by atoms with Crippen molar-refractivity contribution in [2.24, 2.45) is 0 Å². The van der Waals surface area contributed by atoms with Gasteiger partial charge in [-0.1, -0.05) is 36.4 Å². The van der Waals surface area contributed by atoms with Gasteiger partial charge in [-0.2, -0.15) is 4.31 Å². The number of nitrogens with zero attached hydrogens (tertiary/aromatic N) is 1. The molecule has 0 radical (unpaired) electrons. The van der Waals surface area contributed by atoms with Crippen molar-refractivity contribution in [3.8, 4) is 5.75 Å². The topological polar surface area (TPSA) is 87.7 Å². The molecule has 1 amide bonds. The summed E-state index contributed by atoms with van der Waals surface area (Å²) in [6.45, 7) is 1.30. The highest BCUT2D eigenvalue weighted by molar-refractivity contribution is 7.91. The van der Waals surface area contributed by atoms with Crippen LogP contribution in [0.3, 0.4) is 0 Å². The molecule has 2 fully saturated rings. The third-order valence-electron chi connectivity index (χ3n) is 6.91. The first-order chi connectivity index (χ1) is 17.4. The average molecular weight is 526 g/mol. The molecular weight excluding hydrogens is 494 g/mol. The SMILES string of the molecule is COc1cccc(C(=O)NCc2ccc(S(=O)(=O)N3CCC(N[C@H]4C[C@@H]4c4ccccc4)CC3)s2)c1. The number of carbonyl (C=O) groups is 1. The van der Waals surface area contributed by atoms with E-state index in [0.717, 1.165) is 24.1 Å². The highest BCUT2D eigenvalue weighted by Gasteiger charge is 2.40. The summed E-state index contributed by atoms with van der Waals surface area (Å²) in [7, 11) is -1.98. The molecule has 2 N–H and O–H groups in total. The van der Waals surface area contributed by atoms with Crippen molar-refractivity contribution in [1.29, 1.82) is 0 Å². The molecular formula is C27H31N3O4S2. The molecule has 190 valence electrons. The van der Waals surface area contributed by atoms with Crippen LogP contribution in [0.25, 0.3) is 0 Å². The summed E-state index contributed by atoms with van der Waals surface area (Å²) < 4.78 is 33.5. The second-order valence-corrected chi connectivity index (χ2v) is 12.7. The van der Waals surface area contributed by atoms with Crippen molar-refractivity contribution in [3.63, 3.8) is 0 Å². The van der Waals surface area contributed by atoms with Gasteiger partial charge in [0.05, 0.1) is 13.7 Å². The fourth-order valence-electron chi connectivity index (χ4n) is 4.77. The largest absolute Gasteiger partial charge is 0.497 e. The second kappa shape index (κ2) is 10.7. The van der Waals surface area contributed by atoms with Crippen LogP contribution >= 0.6 is 11.3 Å². The third kappa shape index (κ3) is 5.64. The number of methoxy groups -OCH3 is 1. The molecule has 36 heavy (non-hydrogen) atoms. The van der Waals surface area contributed by atoms with Crippen LogP contribution in [-0.2, 0) is 16.6 Å². The summed E-state index contributed by atoms with van der Waals surface area (Å²) in [5, 5.41) is 6.59. The summed E-state index contributed by atoms with van der Waals surface area (Å²) in [6.07, 6.45) is 2.77. The molecule has 1 aliphatic carbocycles. The van der Waals surface area contributed by atoms with Crippen molar-refractivity contribution < 1.29 is 17.9 Å². The molecule has 1 aromatic heterocycles. The molecule has 0 bridgehead atoms. The smallest absolute Gasteiger partial charge is 0.252 e. The normalized spacial score (nSPS) is 20.7.